The van der Waals surface area contributed by atoms with E-state index in [9.17, 15) is 0 Å². The second kappa shape index (κ2) is 9.46. The topological polar surface area (TPSA) is 88.3 Å². The van der Waals surface area contributed by atoms with Crippen molar-refractivity contribution >= 4 is 11.6 Å². The van der Waals surface area contributed by atoms with E-state index in [2.05, 4.69) is 39.5 Å². The quantitative estimate of drug-likeness (QED) is 0.336. The van der Waals surface area contributed by atoms with E-state index >= 15 is 0 Å². The third-order valence-electron chi connectivity index (χ3n) is 3.05. The highest BCUT2D eigenvalue weighted by Gasteiger charge is 2.04. The predicted molar refractivity (Wildman–Crippen MR) is 81.4 cm³/mol. The van der Waals surface area contributed by atoms with Gasteiger partial charge in [-0.2, -0.15) is 0 Å². The van der Waals surface area contributed by atoms with Crippen LogP contribution in [0, 0.1) is 0 Å². The number of hydrogen-bond donors (Lipinski definition) is 3. The van der Waals surface area contributed by atoms with E-state index in [0.29, 0.717) is 18.2 Å². The first-order valence-corrected chi connectivity index (χ1v) is 7.03. The van der Waals surface area contributed by atoms with Crippen LogP contribution in [0.15, 0.2) is 6.07 Å². The van der Waals surface area contributed by atoms with Gasteiger partial charge in [0.25, 0.3) is 0 Å². The SMILES string of the molecule is CCN(CC)CCCNc1cc(NN)nc(COC)n1. The number of anilines is 2. The Morgan fingerprint density at radius 1 is 1.25 bits per heavy atom. The average molecular weight is 282 g/mol. The molecule has 0 fully saturated rings. The summed E-state index contributed by atoms with van der Waals surface area (Å²) in [6, 6.07) is 1.79. The standard InChI is InChI=1S/C13H26N6O/c1-4-19(5-2)8-6-7-15-11-9-12(18-14)17-13(16-11)10-20-3/h9H,4-8,10,14H2,1-3H3,(H2,15,16,17,18). The van der Waals surface area contributed by atoms with Crippen molar-refractivity contribution in [1.29, 1.82) is 0 Å². The molecule has 0 aliphatic carbocycles. The smallest absolute Gasteiger partial charge is 0.158 e. The summed E-state index contributed by atoms with van der Waals surface area (Å²) in [5, 5.41) is 3.29. The first-order chi connectivity index (χ1) is 9.73. The maximum atomic E-state index is 5.40. The van der Waals surface area contributed by atoms with Crippen molar-refractivity contribution in [2.45, 2.75) is 26.9 Å². The molecule has 0 aliphatic rings. The molecular weight excluding hydrogens is 256 g/mol. The lowest BCUT2D eigenvalue weighted by atomic mass is 10.3. The molecule has 0 unspecified atom stereocenters. The number of ether oxygens (including phenoxy) is 1. The monoisotopic (exact) mass is 282 g/mol. The first-order valence-electron chi connectivity index (χ1n) is 7.03. The van der Waals surface area contributed by atoms with Crippen LogP contribution < -0.4 is 16.6 Å². The van der Waals surface area contributed by atoms with Gasteiger partial charge in [0.1, 0.15) is 18.2 Å². The lowest BCUT2D eigenvalue weighted by Crippen LogP contribution is -2.25. The lowest BCUT2D eigenvalue weighted by Gasteiger charge is -2.17. The number of nitrogens with one attached hydrogen (secondary N) is 2. The molecule has 4 N–H and O–H groups in total. The average Bonchev–Trinajstić information content (AvgIpc) is 2.47. The summed E-state index contributed by atoms with van der Waals surface area (Å²) in [6.45, 7) is 8.84. The Hall–Kier alpha value is -1.44. The molecule has 0 saturated carbocycles. The molecule has 0 bridgehead atoms. The molecule has 1 aromatic rings. The fourth-order valence-electron chi connectivity index (χ4n) is 1.91. The number of rotatable bonds is 10. The highest BCUT2D eigenvalue weighted by Crippen LogP contribution is 2.11. The molecule has 1 rings (SSSR count). The Morgan fingerprint density at radius 2 is 1.95 bits per heavy atom. The number of aromatic nitrogens is 2. The van der Waals surface area contributed by atoms with Crippen LogP contribution in [0.4, 0.5) is 11.6 Å². The molecule has 1 aromatic heterocycles. The van der Waals surface area contributed by atoms with Gasteiger partial charge in [-0.3, -0.25) is 0 Å². The van der Waals surface area contributed by atoms with Gasteiger partial charge in [-0.25, -0.2) is 15.8 Å². The predicted octanol–water partition coefficient (Wildman–Crippen LogP) is 1.05. The lowest BCUT2D eigenvalue weighted by molar-refractivity contribution is 0.178. The van der Waals surface area contributed by atoms with Crippen molar-refractivity contribution in [1.82, 2.24) is 14.9 Å². The van der Waals surface area contributed by atoms with Crippen molar-refractivity contribution < 1.29 is 4.74 Å². The van der Waals surface area contributed by atoms with Crippen LogP contribution in [0.25, 0.3) is 0 Å². The Bertz CT molecular complexity index is 383. The molecule has 20 heavy (non-hydrogen) atoms. The molecule has 0 spiro atoms. The number of hydrazine groups is 1. The highest BCUT2D eigenvalue weighted by atomic mass is 16.5. The van der Waals surface area contributed by atoms with Crippen LogP contribution in [-0.4, -0.2) is 48.2 Å². The molecule has 1 heterocycles. The number of nitrogen functional groups attached to an aromatic ring is 1. The molecule has 0 atom stereocenters. The van der Waals surface area contributed by atoms with Gasteiger partial charge in [0.05, 0.1) is 0 Å². The Morgan fingerprint density at radius 3 is 2.55 bits per heavy atom. The first kappa shape index (κ1) is 16.6. The Kier molecular flexibility index (Phi) is 7.86. The Balaban J connectivity index is 2.48. The van der Waals surface area contributed by atoms with Crippen molar-refractivity contribution in [3.05, 3.63) is 11.9 Å². The summed E-state index contributed by atoms with van der Waals surface area (Å²) in [7, 11) is 1.61. The number of nitrogens with zero attached hydrogens (tertiary/aromatic N) is 3. The fourth-order valence-corrected chi connectivity index (χ4v) is 1.91. The van der Waals surface area contributed by atoms with E-state index < -0.39 is 0 Å². The van der Waals surface area contributed by atoms with E-state index in [1.165, 1.54) is 0 Å². The molecule has 0 amide bonds. The third kappa shape index (κ3) is 5.68. The van der Waals surface area contributed by atoms with Gasteiger partial charge in [-0.05, 0) is 26.1 Å². The zero-order valence-electron chi connectivity index (χ0n) is 12.6. The van der Waals surface area contributed by atoms with Gasteiger partial charge in [-0.1, -0.05) is 13.8 Å². The van der Waals surface area contributed by atoms with Gasteiger partial charge < -0.3 is 20.4 Å². The maximum Gasteiger partial charge on any atom is 0.158 e. The molecule has 7 nitrogen and oxygen atoms in total. The van der Waals surface area contributed by atoms with Crippen molar-refractivity contribution in [3.8, 4) is 0 Å². The van der Waals surface area contributed by atoms with E-state index in [1.54, 1.807) is 13.2 Å². The van der Waals surface area contributed by atoms with Crippen LogP contribution in [0.1, 0.15) is 26.1 Å². The minimum atomic E-state index is 0.365. The summed E-state index contributed by atoms with van der Waals surface area (Å²) >= 11 is 0. The molecule has 0 radical (unpaired) electrons. The van der Waals surface area contributed by atoms with Crippen LogP contribution in [-0.2, 0) is 11.3 Å². The van der Waals surface area contributed by atoms with Gasteiger partial charge in [0, 0.05) is 19.7 Å². The van der Waals surface area contributed by atoms with E-state index in [0.717, 1.165) is 38.4 Å². The van der Waals surface area contributed by atoms with Crippen LogP contribution in [0.2, 0.25) is 0 Å². The largest absolute Gasteiger partial charge is 0.377 e. The van der Waals surface area contributed by atoms with Crippen molar-refractivity contribution in [3.63, 3.8) is 0 Å². The number of methoxy groups -OCH3 is 1. The van der Waals surface area contributed by atoms with Crippen LogP contribution in [0.3, 0.4) is 0 Å². The van der Waals surface area contributed by atoms with Gasteiger partial charge in [-0.15, -0.1) is 0 Å². The van der Waals surface area contributed by atoms with E-state index in [4.69, 9.17) is 10.6 Å². The highest BCUT2D eigenvalue weighted by molar-refractivity contribution is 5.46. The van der Waals surface area contributed by atoms with Crippen LogP contribution in [0.5, 0.6) is 0 Å². The fraction of sp³-hybridized carbons (Fsp3) is 0.692. The molecule has 114 valence electrons. The van der Waals surface area contributed by atoms with Crippen LogP contribution >= 0.6 is 0 Å². The molecule has 0 aromatic carbocycles. The number of nitrogens with two attached hydrogens (primary N) is 1. The summed E-state index contributed by atoms with van der Waals surface area (Å²) in [6.07, 6.45) is 1.07. The Labute approximate surface area is 120 Å². The minimum absolute atomic E-state index is 0.365. The van der Waals surface area contributed by atoms with Gasteiger partial charge in [0.2, 0.25) is 0 Å². The zero-order chi connectivity index (χ0) is 14.8. The second-order valence-corrected chi connectivity index (χ2v) is 4.44. The summed E-state index contributed by atoms with van der Waals surface area (Å²) in [4.78, 5) is 11.0. The zero-order valence-corrected chi connectivity index (χ0v) is 12.6. The number of hydrogen-bond acceptors (Lipinski definition) is 7. The second-order valence-electron chi connectivity index (χ2n) is 4.44. The van der Waals surface area contributed by atoms with E-state index in [-0.39, 0.29) is 0 Å². The van der Waals surface area contributed by atoms with E-state index in [1.807, 2.05) is 0 Å². The third-order valence-corrected chi connectivity index (χ3v) is 3.05. The van der Waals surface area contributed by atoms with Crippen molar-refractivity contribution in [2.24, 2.45) is 5.84 Å². The molecule has 7 heteroatoms. The van der Waals surface area contributed by atoms with Gasteiger partial charge >= 0.3 is 0 Å². The summed E-state index contributed by atoms with van der Waals surface area (Å²) in [5.41, 5.74) is 2.54. The van der Waals surface area contributed by atoms with Gasteiger partial charge in [0.15, 0.2) is 5.82 Å². The van der Waals surface area contributed by atoms with Crippen molar-refractivity contribution in [2.75, 3.05) is 44.0 Å². The molecule has 0 saturated heterocycles. The normalized spacial score (nSPS) is 10.8. The minimum Gasteiger partial charge on any atom is -0.377 e. The molecule has 0 aliphatic heterocycles. The molecular formula is C13H26N6O. The summed E-state index contributed by atoms with van der Waals surface area (Å²) < 4.78 is 5.04. The summed E-state index contributed by atoms with van der Waals surface area (Å²) in [5.74, 6) is 7.35. The maximum absolute atomic E-state index is 5.40.